The first kappa shape index (κ1) is 19.7. The Morgan fingerprint density at radius 2 is 1.75 bits per heavy atom. The maximum Gasteiger partial charge on any atom is 0.244 e. The molecule has 0 fully saturated rings. The van der Waals surface area contributed by atoms with Crippen LogP contribution in [0.4, 0.5) is 0 Å². The Bertz CT molecular complexity index is 887. The van der Waals surface area contributed by atoms with Gasteiger partial charge in [0.15, 0.2) is 0 Å². The molecule has 6 nitrogen and oxygen atoms in total. The fourth-order valence-electron chi connectivity index (χ4n) is 3.11. The van der Waals surface area contributed by atoms with Crippen LogP contribution < -0.4 is 5.32 Å². The van der Waals surface area contributed by atoms with E-state index in [-0.39, 0.29) is 18.5 Å². The van der Waals surface area contributed by atoms with Crippen molar-refractivity contribution < 1.29 is 4.79 Å². The molecule has 146 valence electrons. The van der Waals surface area contributed by atoms with Crippen LogP contribution in [-0.2, 0) is 11.3 Å². The standard InChI is InChI=1S/C22H27N5O/c1-4-8-20(18-9-6-5-7-10-18)23-21(28)15-27-25-22(24-26-27)19-13-11-17(12-14-19)16(2)3/h5-7,9-14,16,20H,4,8,15H2,1-3H3,(H,23,28)/t20-/m1/s1. The molecule has 1 amide bonds. The summed E-state index contributed by atoms with van der Waals surface area (Å²) < 4.78 is 0. The minimum Gasteiger partial charge on any atom is -0.348 e. The van der Waals surface area contributed by atoms with Crippen molar-refractivity contribution in [1.29, 1.82) is 0 Å². The summed E-state index contributed by atoms with van der Waals surface area (Å²) in [5.41, 5.74) is 3.26. The van der Waals surface area contributed by atoms with Crippen molar-refractivity contribution in [3.63, 3.8) is 0 Å². The number of hydrogen-bond acceptors (Lipinski definition) is 4. The Morgan fingerprint density at radius 3 is 2.39 bits per heavy atom. The van der Waals surface area contributed by atoms with Gasteiger partial charge in [0.05, 0.1) is 6.04 Å². The lowest BCUT2D eigenvalue weighted by Crippen LogP contribution is -2.32. The first-order valence-corrected chi connectivity index (χ1v) is 9.79. The Hall–Kier alpha value is -3.02. The molecule has 6 heteroatoms. The third-order valence-electron chi connectivity index (χ3n) is 4.69. The Labute approximate surface area is 166 Å². The third-order valence-corrected chi connectivity index (χ3v) is 4.69. The van der Waals surface area contributed by atoms with E-state index in [9.17, 15) is 4.79 Å². The number of benzene rings is 2. The third kappa shape index (κ3) is 5.03. The molecule has 0 bridgehead atoms. The summed E-state index contributed by atoms with van der Waals surface area (Å²) in [5, 5.41) is 15.6. The number of carbonyl (C=O) groups excluding carboxylic acids is 1. The van der Waals surface area contributed by atoms with Crippen molar-refractivity contribution in [2.24, 2.45) is 0 Å². The second-order valence-corrected chi connectivity index (χ2v) is 7.24. The van der Waals surface area contributed by atoms with E-state index in [1.54, 1.807) is 0 Å². The molecule has 3 aromatic rings. The zero-order chi connectivity index (χ0) is 19.9. The predicted octanol–water partition coefficient (Wildman–Crippen LogP) is 4.12. The van der Waals surface area contributed by atoms with Crippen LogP contribution in [0.15, 0.2) is 54.6 Å². The highest BCUT2D eigenvalue weighted by molar-refractivity contribution is 5.76. The lowest BCUT2D eigenvalue weighted by Gasteiger charge is -2.18. The quantitative estimate of drug-likeness (QED) is 0.641. The summed E-state index contributed by atoms with van der Waals surface area (Å²) in [5.74, 6) is 0.875. The molecule has 1 aromatic heterocycles. The van der Waals surface area contributed by atoms with Crippen LogP contribution in [0.25, 0.3) is 11.4 Å². The van der Waals surface area contributed by atoms with Crippen LogP contribution in [0, 0.1) is 0 Å². The van der Waals surface area contributed by atoms with Gasteiger partial charge in [-0.05, 0) is 28.7 Å². The summed E-state index contributed by atoms with van der Waals surface area (Å²) in [7, 11) is 0. The molecule has 1 atom stereocenters. The minimum absolute atomic E-state index is 0.00901. The van der Waals surface area contributed by atoms with Gasteiger partial charge < -0.3 is 5.32 Å². The van der Waals surface area contributed by atoms with Crippen LogP contribution in [0.1, 0.15) is 56.7 Å². The summed E-state index contributed by atoms with van der Waals surface area (Å²) in [6.07, 6.45) is 1.87. The number of hydrogen-bond donors (Lipinski definition) is 1. The molecule has 2 aromatic carbocycles. The van der Waals surface area contributed by atoms with Gasteiger partial charge in [0.1, 0.15) is 6.54 Å². The van der Waals surface area contributed by atoms with Gasteiger partial charge >= 0.3 is 0 Å². The maximum absolute atomic E-state index is 12.5. The SMILES string of the molecule is CCC[C@@H](NC(=O)Cn1nnc(-c2ccc(C(C)C)cc2)n1)c1ccccc1. The van der Waals surface area contributed by atoms with E-state index < -0.39 is 0 Å². The van der Waals surface area contributed by atoms with E-state index in [2.05, 4.69) is 53.6 Å². The van der Waals surface area contributed by atoms with Crippen LogP contribution in [0.2, 0.25) is 0 Å². The fourth-order valence-corrected chi connectivity index (χ4v) is 3.11. The summed E-state index contributed by atoms with van der Waals surface area (Å²) in [4.78, 5) is 13.8. The summed E-state index contributed by atoms with van der Waals surface area (Å²) in [6, 6.07) is 18.1. The molecular formula is C22H27N5O. The van der Waals surface area contributed by atoms with Crippen molar-refractivity contribution in [1.82, 2.24) is 25.5 Å². The normalized spacial score (nSPS) is 12.1. The molecule has 1 heterocycles. The van der Waals surface area contributed by atoms with Gasteiger partial charge in [-0.3, -0.25) is 4.79 Å². The molecule has 0 unspecified atom stereocenters. The van der Waals surface area contributed by atoms with Crippen LogP contribution in [0.5, 0.6) is 0 Å². The number of aromatic nitrogens is 4. The molecule has 0 saturated heterocycles. The molecule has 28 heavy (non-hydrogen) atoms. The molecule has 0 aliphatic rings. The molecule has 0 aliphatic heterocycles. The van der Waals surface area contributed by atoms with Crippen LogP contribution in [0.3, 0.4) is 0 Å². The molecule has 0 spiro atoms. The molecule has 0 radical (unpaired) electrons. The van der Waals surface area contributed by atoms with Crippen molar-refractivity contribution in [2.75, 3.05) is 0 Å². The van der Waals surface area contributed by atoms with Gasteiger partial charge in [0, 0.05) is 5.56 Å². The van der Waals surface area contributed by atoms with E-state index in [1.807, 2.05) is 42.5 Å². The molecular weight excluding hydrogens is 350 g/mol. The zero-order valence-corrected chi connectivity index (χ0v) is 16.7. The number of nitrogens with zero attached hydrogens (tertiary/aromatic N) is 4. The van der Waals surface area contributed by atoms with E-state index in [0.717, 1.165) is 24.0 Å². The van der Waals surface area contributed by atoms with Gasteiger partial charge in [-0.25, -0.2) is 0 Å². The van der Waals surface area contributed by atoms with Crippen molar-refractivity contribution >= 4 is 5.91 Å². The van der Waals surface area contributed by atoms with Crippen molar-refractivity contribution in [3.8, 4) is 11.4 Å². The highest BCUT2D eigenvalue weighted by Gasteiger charge is 2.15. The highest BCUT2D eigenvalue weighted by atomic mass is 16.2. The van der Waals surface area contributed by atoms with E-state index in [4.69, 9.17) is 0 Å². The van der Waals surface area contributed by atoms with Gasteiger partial charge in [-0.1, -0.05) is 81.8 Å². The number of carbonyl (C=O) groups is 1. The molecule has 3 rings (SSSR count). The first-order chi connectivity index (χ1) is 13.6. The number of tetrazole rings is 1. The van der Waals surface area contributed by atoms with Crippen LogP contribution in [-0.4, -0.2) is 26.1 Å². The summed E-state index contributed by atoms with van der Waals surface area (Å²) in [6.45, 7) is 6.47. The van der Waals surface area contributed by atoms with Gasteiger partial charge in [0.25, 0.3) is 0 Å². The largest absolute Gasteiger partial charge is 0.348 e. The number of rotatable bonds is 8. The lowest BCUT2D eigenvalue weighted by molar-refractivity contribution is -0.122. The highest BCUT2D eigenvalue weighted by Crippen LogP contribution is 2.20. The number of nitrogens with one attached hydrogen (secondary N) is 1. The van der Waals surface area contributed by atoms with Gasteiger partial charge in [0.2, 0.25) is 11.7 Å². The molecule has 0 saturated carbocycles. The van der Waals surface area contributed by atoms with Crippen LogP contribution >= 0.6 is 0 Å². The smallest absolute Gasteiger partial charge is 0.244 e. The second kappa shape index (κ2) is 9.26. The van der Waals surface area contributed by atoms with Gasteiger partial charge in [-0.2, -0.15) is 4.80 Å². The maximum atomic E-state index is 12.5. The van der Waals surface area contributed by atoms with E-state index >= 15 is 0 Å². The average Bonchev–Trinajstić information content (AvgIpc) is 3.16. The van der Waals surface area contributed by atoms with Gasteiger partial charge in [-0.15, -0.1) is 10.2 Å². The predicted molar refractivity (Wildman–Crippen MR) is 110 cm³/mol. The monoisotopic (exact) mass is 377 g/mol. The topological polar surface area (TPSA) is 72.7 Å². The van der Waals surface area contributed by atoms with Crippen molar-refractivity contribution in [3.05, 3.63) is 65.7 Å². The van der Waals surface area contributed by atoms with E-state index in [0.29, 0.717) is 11.7 Å². The number of amides is 1. The summed E-state index contributed by atoms with van der Waals surface area (Å²) >= 11 is 0. The zero-order valence-electron chi connectivity index (χ0n) is 16.7. The fraction of sp³-hybridized carbons (Fsp3) is 0.364. The van der Waals surface area contributed by atoms with E-state index in [1.165, 1.54) is 10.4 Å². The molecule has 1 N–H and O–H groups in total. The minimum atomic E-state index is -0.124. The second-order valence-electron chi connectivity index (χ2n) is 7.24. The Morgan fingerprint density at radius 1 is 1.04 bits per heavy atom. The Kier molecular flexibility index (Phi) is 6.53. The van der Waals surface area contributed by atoms with Crippen molar-refractivity contribution in [2.45, 2.75) is 52.1 Å². The first-order valence-electron chi connectivity index (χ1n) is 9.79. The Balaban J connectivity index is 1.64. The molecule has 0 aliphatic carbocycles. The average molecular weight is 377 g/mol. The lowest BCUT2D eigenvalue weighted by atomic mass is 10.0.